The van der Waals surface area contributed by atoms with Crippen LogP contribution in [0.4, 0.5) is 0 Å². The Morgan fingerprint density at radius 2 is 2.18 bits per heavy atom. The molecule has 1 aliphatic rings. The second-order valence-electron chi connectivity index (χ2n) is 5.56. The van der Waals surface area contributed by atoms with Gasteiger partial charge in [0.1, 0.15) is 0 Å². The monoisotopic (exact) mass is 369 g/mol. The minimum atomic E-state index is -0.902. The van der Waals surface area contributed by atoms with Gasteiger partial charge in [0.05, 0.1) is 19.1 Å². The number of ether oxygens (including phenoxy) is 1. The molecule has 1 fully saturated rings. The van der Waals surface area contributed by atoms with Crippen molar-refractivity contribution in [3.63, 3.8) is 0 Å². The Balaban J connectivity index is 1.94. The number of hydrogen-bond acceptors (Lipinski definition) is 3. The van der Waals surface area contributed by atoms with Gasteiger partial charge in [0.2, 0.25) is 5.91 Å². The second kappa shape index (κ2) is 7.74. The standard InChI is InChI=1S/C16H20BrNO4/c1-11(13-4-2-3-5-14(13)17)8-15(19)18-6-7-22-12(10-18)9-16(20)21/h2-5,11-12H,6-10H2,1H3,(H,20,21)/t11-,12-/m0/s1. The SMILES string of the molecule is C[C@@H](CC(=O)N1CCO[C@@H](CC(=O)O)C1)c1ccccc1Br. The van der Waals surface area contributed by atoms with E-state index in [0.29, 0.717) is 26.1 Å². The smallest absolute Gasteiger partial charge is 0.306 e. The first-order valence-electron chi connectivity index (χ1n) is 7.33. The van der Waals surface area contributed by atoms with Crippen molar-refractivity contribution in [2.24, 2.45) is 0 Å². The third-order valence-electron chi connectivity index (χ3n) is 3.81. The topological polar surface area (TPSA) is 66.8 Å². The van der Waals surface area contributed by atoms with Crippen LogP contribution < -0.4 is 0 Å². The highest BCUT2D eigenvalue weighted by molar-refractivity contribution is 9.10. The first-order chi connectivity index (χ1) is 10.5. The summed E-state index contributed by atoms with van der Waals surface area (Å²) in [6, 6.07) is 7.88. The summed E-state index contributed by atoms with van der Waals surface area (Å²) in [7, 11) is 0. The summed E-state index contributed by atoms with van der Waals surface area (Å²) in [6.07, 6.45) is -0.0691. The zero-order chi connectivity index (χ0) is 16.1. The van der Waals surface area contributed by atoms with Crippen molar-refractivity contribution in [1.29, 1.82) is 0 Å². The highest BCUT2D eigenvalue weighted by Crippen LogP contribution is 2.27. The molecule has 1 saturated heterocycles. The van der Waals surface area contributed by atoms with E-state index in [1.807, 2.05) is 31.2 Å². The number of halogens is 1. The molecule has 2 atom stereocenters. The van der Waals surface area contributed by atoms with Gasteiger partial charge in [0.25, 0.3) is 0 Å². The maximum absolute atomic E-state index is 12.4. The summed E-state index contributed by atoms with van der Waals surface area (Å²) in [4.78, 5) is 24.9. The molecule has 0 saturated carbocycles. The number of carboxylic acid groups (broad SMARTS) is 1. The van der Waals surface area contributed by atoms with E-state index < -0.39 is 12.1 Å². The molecule has 6 heteroatoms. The largest absolute Gasteiger partial charge is 0.481 e. The van der Waals surface area contributed by atoms with Gasteiger partial charge < -0.3 is 14.7 Å². The molecule has 0 radical (unpaired) electrons. The summed E-state index contributed by atoms with van der Waals surface area (Å²) >= 11 is 3.51. The Bertz CT molecular complexity index is 549. The third-order valence-corrected chi connectivity index (χ3v) is 4.53. The van der Waals surface area contributed by atoms with Gasteiger partial charge >= 0.3 is 5.97 Å². The molecule has 0 aliphatic carbocycles. The van der Waals surface area contributed by atoms with Gasteiger partial charge in [-0.1, -0.05) is 41.1 Å². The molecule has 0 spiro atoms. The third kappa shape index (κ3) is 4.55. The molecule has 1 amide bonds. The van der Waals surface area contributed by atoms with E-state index in [-0.39, 0.29) is 18.2 Å². The minimum Gasteiger partial charge on any atom is -0.481 e. The summed E-state index contributed by atoms with van der Waals surface area (Å²) in [5.74, 6) is -0.758. The lowest BCUT2D eigenvalue weighted by Crippen LogP contribution is -2.46. The van der Waals surface area contributed by atoms with Gasteiger partial charge in [-0.15, -0.1) is 0 Å². The molecule has 1 aliphatic heterocycles. The molecule has 22 heavy (non-hydrogen) atoms. The van der Waals surface area contributed by atoms with E-state index in [4.69, 9.17) is 9.84 Å². The quantitative estimate of drug-likeness (QED) is 0.866. The Kier molecular flexibility index (Phi) is 5.97. The summed E-state index contributed by atoms with van der Waals surface area (Å²) in [5, 5.41) is 8.83. The van der Waals surface area contributed by atoms with Crippen molar-refractivity contribution in [2.75, 3.05) is 19.7 Å². The van der Waals surface area contributed by atoms with Crippen molar-refractivity contribution in [1.82, 2.24) is 4.90 Å². The molecule has 0 aromatic heterocycles. The number of carbonyl (C=O) groups is 2. The Morgan fingerprint density at radius 1 is 1.45 bits per heavy atom. The van der Waals surface area contributed by atoms with Crippen LogP contribution in [0, 0.1) is 0 Å². The average molecular weight is 370 g/mol. The van der Waals surface area contributed by atoms with Crippen LogP contribution in [0.1, 0.15) is 31.2 Å². The van der Waals surface area contributed by atoms with Gasteiger partial charge in [-0.3, -0.25) is 9.59 Å². The van der Waals surface area contributed by atoms with Crippen LogP contribution in [-0.2, 0) is 14.3 Å². The molecule has 1 heterocycles. The first-order valence-corrected chi connectivity index (χ1v) is 8.12. The number of rotatable bonds is 5. The summed E-state index contributed by atoms with van der Waals surface area (Å²) < 4.78 is 6.40. The molecular weight excluding hydrogens is 350 g/mol. The van der Waals surface area contributed by atoms with Crippen LogP contribution in [0.15, 0.2) is 28.7 Å². The molecule has 120 valence electrons. The summed E-state index contributed by atoms with van der Waals surface area (Å²) in [6.45, 7) is 3.30. The molecular formula is C16H20BrNO4. The predicted molar refractivity (Wildman–Crippen MR) is 85.7 cm³/mol. The van der Waals surface area contributed by atoms with Crippen molar-refractivity contribution in [2.45, 2.75) is 31.8 Å². The zero-order valence-corrected chi connectivity index (χ0v) is 14.1. The Labute approximate surface area is 138 Å². The molecule has 5 nitrogen and oxygen atoms in total. The van der Waals surface area contributed by atoms with E-state index >= 15 is 0 Å². The normalized spacial score (nSPS) is 19.7. The van der Waals surface area contributed by atoms with Crippen LogP contribution in [-0.4, -0.2) is 47.7 Å². The van der Waals surface area contributed by atoms with E-state index in [1.54, 1.807) is 4.90 Å². The fourth-order valence-electron chi connectivity index (χ4n) is 2.64. The first kappa shape index (κ1) is 17.0. The van der Waals surface area contributed by atoms with Crippen LogP contribution in [0.25, 0.3) is 0 Å². The molecule has 1 aromatic carbocycles. The highest BCUT2D eigenvalue weighted by Gasteiger charge is 2.27. The Hall–Kier alpha value is -1.40. The van der Waals surface area contributed by atoms with Crippen LogP contribution in [0.3, 0.4) is 0 Å². The molecule has 1 aromatic rings. The van der Waals surface area contributed by atoms with Crippen molar-refractivity contribution >= 4 is 27.8 Å². The summed E-state index contributed by atoms with van der Waals surface area (Å²) in [5.41, 5.74) is 1.10. The lowest BCUT2D eigenvalue weighted by atomic mass is 9.97. The van der Waals surface area contributed by atoms with Crippen LogP contribution in [0.2, 0.25) is 0 Å². The van der Waals surface area contributed by atoms with Gasteiger partial charge in [0.15, 0.2) is 0 Å². The van der Waals surface area contributed by atoms with E-state index in [1.165, 1.54) is 0 Å². The van der Waals surface area contributed by atoms with Crippen molar-refractivity contribution < 1.29 is 19.4 Å². The molecule has 1 N–H and O–H groups in total. The number of benzene rings is 1. The molecule has 0 bridgehead atoms. The van der Waals surface area contributed by atoms with Crippen LogP contribution in [0.5, 0.6) is 0 Å². The maximum Gasteiger partial charge on any atom is 0.306 e. The predicted octanol–water partition coefficient (Wildman–Crippen LogP) is 2.64. The number of carbonyl (C=O) groups excluding carboxylic acids is 1. The average Bonchev–Trinajstić information content (AvgIpc) is 2.47. The van der Waals surface area contributed by atoms with Gasteiger partial charge in [-0.05, 0) is 17.5 Å². The molecule has 0 unspecified atom stereocenters. The second-order valence-corrected chi connectivity index (χ2v) is 6.41. The fourth-order valence-corrected chi connectivity index (χ4v) is 3.32. The van der Waals surface area contributed by atoms with Gasteiger partial charge in [0, 0.05) is 24.0 Å². The van der Waals surface area contributed by atoms with E-state index in [0.717, 1.165) is 10.0 Å². The maximum atomic E-state index is 12.4. The van der Waals surface area contributed by atoms with Crippen LogP contribution >= 0.6 is 15.9 Å². The van der Waals surface area contributed by atoms with Crippen molar-refractivity contribution in [3.05, 3.63) is 34.3 Å². The van der Waals surface area contributed by atoms with E-state index in [9.17, 15) is 9.59 Å². The Morgan fingerprint density at radius 3 is 2.86 bits per heavy atom. The number of nitrogens with zero attached hydrogens (tertiary/aromatic N) is 1. The van der Waals surface area contributed by atoms with E-state index in [2.05, 4.69) is 15.9 Å². The van der Waals surface area contributed by atoms with Gasteiger partial charge in [-0.2, -0.15) is 0 Å². The minimum absolute atomic E-state index is 0.0435. The lowest BCUT2D eigenvalue weighted by molar-refractivity contribution is -0.147. The van der Waals surface area contributed by atoms with Crippen molar-refractivity contribution in [3.8, 4) is 0 Å². The fraction of sp³-hybridized carbons (Fsp3) is 0.500. The van der Waals surface area contributed by atoms with Gasteiger partial charge in [-0.25, -0.2) is 0 Å². The highest BCUT2D eigenvalue weighted by atomic mass is 79.9. The zero-order valence-electron chi connectivity index (χ0n) is 12.5. The number of hydrogen-bond donors (Lipinski definition) is 1. The number of amides is 1. The number of aliphatic carboxylic acids is 1. The number of morpholine rings is 1. The lowest BCUT2D eigenvalue weighted by Gasteiger charge is -2.33. The number of carboxylic acids is 1. The molecule has 2 rings (SSSR count).